The molecule has 0 spiro atoms. The monoisotopic (exact) mass is 297 g/mol. The number of anilines is 1. The molecule has 1 saturated carbocycles. The van der Waals surface area contributed by atoms with Gasteiger partial charge in [-0.15, -0.1) is 0 Å². The predicted octanol–water partition coefficient (Wildman–Crippen LogP) is 3.50. The molecule has 20 heavy (non-hydrogen) atoms. The summed E-state index contributed by atoms with van der Waals surface area (Å²) in [5.74, 6) is 1.38. The summed E-state index contributed by atoms with van der Waals surface area (Å²) in [6.45, 7) is 3.00. The fourth-order valence-corrected chi connectivity index (χ4v) is 3.04. The normalized spacial score (nSPS) is 16.1. The molecule has 2 N–H and O–H groups in total. The van der Waals surface area contributed by atoms with Crippen molar-refractivity contribution in [2.45, 2.75) is 57.8 Å². The Kier molecular flexibility index (Phi) is 5.76. The number of carboxylic acids is 1. The van der Waals surface area contributed by atoms with Gasteiger partial charge in [-0.3, -0.25) is 4.79 Å². The van der Waals surface area contributed by atoms with Crippen LogP contribution in [-0.4, -0.2) is 27.0 Å². The van der Waals surface area contributed by atoms with Gasteiger partial charge in [-0.25, -0.2) is 4.98 Å². The second-order valence-electron chi connectivity index (χ2n) is 5.53. The van der Waals surface area contributed by atoms with Gasteiger partial charge in [0.05, 0.1) is 0 Å². The highest BCUT2D eigenvalue weighted by atomic mass is 32.1. The van der Waals surface area contributed by atoms with E-state index in [-0.39, 0.29) is 6.42 Å². The molecule has 0 radical (unpaired) electrons. The van der Waals surface area contributed by atoms with Gasteiger partial charge in [0, 0.05) is 30.4 Å². The Bertz CT molecular complexity index is 432. The van der Waals surface area contributed by atoms with Crippen molar-refractivity contribution in [1.82, 2.24) is 9.36 Å². The van der Waals surface area contributed by atoms with Crippen molar-refractivity contribution >= 4 is 22.6 Å². The smallest absolute Gasteiger partial charge is 0.303 e. The third-order valence-electron chi connectivity index (χ3n) is 3.68. The van der Waals surface area contributed by atoms with Gasteiger partial charge in [0.1, 0.15) is 5.82 Å². The van der Waals surface area contributed by atoms with Crippen LogP contribution in [-0.2, 0) is 4.79 Å². The number of hydrogen-bond acceptors (Lipinski definition) is 5. The highest BCUT2D eigenvalue weighted by Gasteiger charge is 2.27. The lowest BCUT2D eigenvalue weighted by atomic mass is 9.94. The highest BCUT2D eigenvalue weighted by Crippen LogP contribution is 2.39. The van der Waals surface area contributed by atoms with Crippen LogP contribution >= 0.6 is 11.5 Å². The van der Waals surface area contributed by atoms with Crippen LogP contribution in [0.4, 0.5) is 5.13 Å². The number of rotatable bonds is 10. The Morgan fingerprint density at radius 2 is 2.25 bits per heavy atom. The summed E-state index contributed by atoms with van der Waals surface area (Å²) in [4.78, 5) is 15.1. The van der Waals surface area contributed by atoms with Gasteiger partial charge in [0.25, 0.3) is 0 Å². The first-order valence-corrected chi connectivity index (χ1v) is 8.25. The number of hydrogen-bond donors (Lipinski definition) is 2. The first-order chi connectivity index (χ1) is 9.69. The Morgan fingerprint density at radius 3 is 2.90 bits per heavy atom. The SMILES string of the molecule is CCCC(CCNc1nc(C2CC2)ns1)CCC(=O)O. The van der Waals surface area contributed by atoms with E-state index >= 15 is 0 Å². The van der Waals surface area contributed by atoms with Crippen molar-refractivity contribution in [3.8, 4) is 0 Å². The first kappa shape index (κ1) is 15.2. The van der Waals surface area contributed by atoms with E-state index < -0.39 is 5.97 Å². The van der Waals surface area contributed by atoms with Crippen molar-refractivity contribution in [3.05, 3.63) is 5.82 Å². The van der Waals surface area contributed by atoms with Crippen molar-refractivity contribution in [2.75, 3.05) is 11.9 Å². The van der Waals surface area contributed by atoms with E-state index in [9.17, 15) is 4.79 Å². The van der Waals surface area contributed by atoms with Crippen molar-refractivity contribution in [1.29, 1.82) is 0 Å². The van der Waals surface area contributed by atoms with E-state index in [1.54, 1.807) is 0 Å². The molecule has 5 nitrogen and oxygen atoms in total. The molecule has 112 valence electrons. The summed E-state index contributed by atoms with van der Waals surface area (Å²) in [7, 11) is 0. The Morgan fingerprint density at radius 1 is 1.45 bits per heavy atom. The van der Waals surface area contributed by atoms with Crippen molar-refractivity contribution in [2.24, 2.45) is 5.92 Å². The van der Waals surface area contributed by atoms with E-state index in [0.29, 0.717) is 11.8 Å². The number of aliphatic carboxylic acids is 1. The van der Waals surface area contributed by atoms with Crippen LogP contribution < -0.4 is 5.32 Å². The van der Waals surface area contributed by atoms with Gasteiger partial charge < -0.3 is 10.4 Å². The summed E-state index contributed by atoms with van der Waals surface area (Å²) in [6.07, 6.45) is 6.70. The zero-order valence-electron chi connectivity index (χ0n) is 12.0. The molecule has 6 heteroatoms. The largest absolute Gasteiger partial charge is 0.481 e. The maximum atomic E-state index is 10.6. The van der Waals surface area contributed by atoms with Crippen LogP contribution in [0.2, 0.25) is 0 Å². The third-order valence-corrected chi connectivity index (χ3v) is 4.36. The van der Waals surface area contributed by atoms with Crippen LogP contribution in [0.1, 0.15) is 63.6 Å². The fourth-order valence-electron chi connectivity index (χ4n) is 2.37. The lowest BCUT2D eigenvalue weighted by Crippen LogP contribution is -2.11. The topological polar surface area (TPSA) is 75.1 Å². The molecule has 0 amide bonds. The van der Waals surface area contributed by atoms with Gasteiger partial charge >= 0.3 is 5.97 Å². The second kappa shape index (κ2) is 7.57. The van der Waals surface area contributed by atoms with Crippen molar-refractivity contribution < 1.29 is 9.90 Å². The van der Waals surface area contributed by atoms with Crippen molar-refractivity contribution in [3.63, 3.8) is 0 Å². The molecule has 1 unspecified atom stereocenters. The molecular formula is C14H23N3O2S. The average molecular weight is 297 g/mol. The van der Waals surface area contributed by atoms with E-state index in [1.165, 1.54) is 24.4 Å². The van der Waals surface area contributed by atoms with Crippen LogP contribution in [0.15, 0.2) is 0 Å². The molecule has 1 atom stereocenters. The maximum absolute atomic E-state index is 10.6. The summed E-state index contributed by atoms with van der Waals surface area (Å²) >= 11 is 1.43. The van der Waals surface area contributed by atoms with E-state index in [1.807, 2.05) is 0 Å². The molecule has 0 saturated heterocycles. The second-order valence-corrected chi connectivity index (χ2v) is 6.29. The number of carbonyl (C=O) groups is 1. The van der Waals surface area contributed by atoms with Gasteiger partial charge in [-0.05, 0) is 31.6 Å². The van der Waals surface area contributed by atoms with E-state index in [4.69, 9.17) is 5.11 Å². The quantitative estimate of drug-likeness (QED) is 0.691. The van der Waals surface area contributed by atoms with Crippen LogP contribution in [0.3, 0.4) is 0 Å². The molecule has 0 aromatic carbocycles. The summed E-state index contributed by atoms with van der Waals surface area (Å²) < 4.78 is 4.36. The third kappa shape index (κ3) is 5.07. The van der Waals surface area contributed by atoms with Crippen LogP contribution in [0.5, 0.6) is 0 Å². The standard InChI is InChI=1S/C14H23N3O2S/c1-2-3-10(4-7-12(18)19)8-9-15-14-16-13(17-20-14)11-5-6-11/h10-11H,2-9H2,1H3,(H,18,19)(H,15,16,17). The average Bonchev–Trinajstić information content (AvgIpc) is 3.16. The molecule has 0 aliphatic heterocycles. The van der Waals surface area contributed by atoms with Crippen LogP contribution in [0.25, 0.3) is 0 Å². The molecule has 1 heterocycles. The molecule has 2 rings (SSSR count). The fraction of sp³-hybridized carbons (Fsp3) is 0.786. The minimum atomic E-state index is -0.697. The summed E-state index contributed by atoms with van der Waals surface area (Å²) in [5, 5.41) is 13.0. The number of aromatic nitrogens is 2. The van der Waals surface area contributed by atoms with Gasteiger partial charge in [-0.1, -0.05) is 19.8 Å². The molecule has 1 aromatic heterocycles. The summed E-state index contributed by atoms with van der Waals surface area (Å²) in [6, 6.07) is 0. The number of nitrogens with zero attached hydrogens (tertiary/aromatic N) is 2. The molecule has 1 aliphatic rings. The molecule has 1 aliphatic carbocycles. The maximum Gasteiger partial charge on any atom is 0.303 e. The molecular weight excluding hydrogens is 274 g/mol. The minimum Gasteiger partial charge on any atom is -0.481 e. The first-order valence-electron chi connectivity index (χ1n) is 7.48. The molecule has 1 fully saturated rings. The Balaban J connectivity index is 1.69. The zero-order chi connectivity index (χ0) is 14.4. The zero-order valence-corrected chi connectivity index (χ0v) is 12.8. The van der Waals surface area contributed by atoms with E-state index in [2.05, 4.69) is 21.6 Å². The van der Waals surface area contributed by atoms with Gasteiger partial charge in [0.15, 0.2) is 0 Å². The number of nitrogens with one attached hydrogen (secondary N) is 1. The molecule has 0 bridgehead atoms. The lowest BCUT2D eigenvalue weighted by molar-refractivity contribution is -0.137. The van der Waals surface area contributed by atoms with E-state index in [0.717, 1.165) is 43.2 Å². The molecule has 1 aromatic rings. The number of carboxylic acid groups (broad SMARTS) is 1. The highest BCUT2D eigenvalue weighted by molar-refractivity contribution is 7.09. The van der Waals surface area contributed by atoms with Crippen LogP contribution in [0, 0.1) is 5.92 Å². The summed E-state index contributed by atoms with van der Waals surface area (Å²) in [5.41, 5.74) is 0. The Labute approximate surface area is 124 Å². The van der Waals surface area contributed by atoms with Gasteiger partial charge in [-0.2, -0.15) is 4.37 Å². The predicted molar refractivity (Wildman–Crippen MR) is 80.3 cm³/mol. The minimum absolute atomic E-state index is 0.273. The van der Waals surface area contributed by atoms with Gasteiger partial charge in [0.2, 0.25) is 5.13 Å². The Hall–Kier alpha value is -1.17. The lowest BCUT2D eigenvalue weighted by Gasteiger charge is -2.14.